The Hall–Kier alpha value is -1.63. The number of ether oxygens (including phenoxy) is 1. The van der Waals surface area contributed by atoms with E-state index in [4.69, 9.17) is 21.4 Å². The number of nitrogens with one attached hydrogen (secondary N) is 2. The minimum atomic E-state index is -1.07. The van der Waals surface area contributed by atoms with Crippen molar-refractivity contribution in [3.63, 3.8) is 0 Å². The maximum Gasteiger partial charge on any atom is 0.335 e. The van der Waals surface area contributed by atoms with Crippen LogP contribution in [-0.4, -0.2) is 43.3 Å². The zero-order valence-corrected chi connectivity index (χ0v) is 12.4. The fourth-order valence-electron chi connectivity index (χ4n) is 1.98. The second-order valence-corrected chi connectivity index (χ2v) is 5.86. The highest BCUT2D eigenvalue weighted by Gasteiger charge is 2.32. The van der Waals surface area contributed by atoms with Gasteiger partial charge in [-0.1, -0.05) is 18.5 Å². The van der Waals surface area contributed by atoms with E-state index >= 15 is 0 Å². The van der Waals surface area contributed by atoms with Crippen molar-refractivity contribution in [3.8, 4) is 0 Å². The van der Waals surface area contributed by atoms with E-state index in [0.717, 1.165) is 0 Å². The average molecular weight is 313 g/mol. The second-order valence-electron chi connectivity index (χ2n) is 5.45. The molecule has 3 N–H and O–H groups in total. The number of halogens is 1. The summed E-state index contributed by atoms with van der Waals surface area (Å²) < 4.78 is 5.13. The third kappa shape index (κ3) is 4.17. The zero-order valence-electron chi connectivity index (χ0n) is 11.6. The van der Waals surface area contributed by atoms with Crippen molar-refractivity contribution in [1.82, 2.24) is 5.32 Å². The molecule has 0 aliphatic carbocycles. The van der Waals surface area contributed by atoms with Crippen LogP contribution in [0.15, 0.2) is 18.2 Å². The lowest BCUT2D eigenvalue weighted by atomic mass is 9.89. The molecule has 0 spiro atoms. The van der Waals surface area contributed by atoms with Gasteiger partial charge in [0.05, 0.1) is 36.0 Å². The van der Waals surface area contributed by atoms with E-state index in [9.17, 15) is 9.59 Å². The van der Waals surface area contributed by atoms with Crippen LogP contribution in [0.25, 0.3) is 0 Å². The highest BCUT2D eigenvalue weighted by Crippen LogP contribution is 2.25. The van der Waals surface area contributed by atoms with Gasteiger partial charge in [0.2, 0.25) is 5.91 Å². The van der Waals surface area contributed by atoms with Crippen molar-refractivity contribution in [2.75, 3.05) is 31.6 Å². The van der Waals surface area contributed by atoms with Crippen molar-refractivity contribution in [2.45, 2.75) is 6.92 Å². The van der Waals surface area contributed by atoms with E-state index in [1.165, 1.54) is 18.2 Å². The average Bonchev–Trinajstić information content (AvgIpc) is 2.39. The van der Waals surface area contributed by atoms with Gasteiger partial charge in [0, 0.05) is 12.0 Å². The van der Waals surface area contributed by atoms with Gasteiger partial charge in [-0.25, -0.2) is 4.79 Å². The SMILES string of the molecule is CC1(CNCC(=O)Nc2cc(C(=O)O)ccc2Cl)COC1. The van der Waals surface area contributed by atoms with Crippen LogP contribution in [0.3, 0.4) is 0 Å². The van der Waals surface area contributed by atoms with Gasteiger partial charge in [-0.15, -0.1) is 0 Å². The molecule has 0 bridgehead atoms. The predicted octanol–water partition coefficient (Wildman–Crippen LogP) is 1.60. The topological polar surface area (TPSA) is 87.7 Å². The Bertz CT molecular complexity index is 558. The van der Waals surface area contributed by atoms with E-state index in [-0.39, 0.29) is 23.4 Å². The Labute approximate surface area is 127 Å². The molecule has 114 valence electrons. The van der Waals surface area contributed by atoms with Gasteiger partial charge in [-0.3, -0.25) is 4.79 Å². The van der Waals surface area contributed by atoms with E-state index in [1.807, 2.05) is 0 Å². The summed E-state index contributed by atoms with van der Waals surface area (Å²) in [5.74, 6) is -1.35. The Morgan fingerprint density at radius 2 is 2.14 bits per heavy atom. The van der Waals surface area contributed by atoms with Gasteiger partial charge in [0.25, 0.3) is 0 Å². The number of aromatic carboxylic acids is 1. The van der Waals surface area contributed by atoms with Gasteiger partial charge >= 0.3 is 5.97 Å². The molecule has 2 rings (SSSR count). The molecule has 0 radical (unpaired) electrons. The molecule has 1 fully saturated rings. The van der Waals surface area contributed by atoms with Crippen molar-refractivity contribution >= 4 is 29.2 Å². The summed E-state index contributed by atoms with van der Waals surface area (Å²) in [6.07, 6.45) is 0. The standard InChI is InChI=1S/C14H17ClN2O4/c1-14(7-21-8-14)6-16-5-12(18)17-11-4-9(13(19)20)2-3-10(11)15/h2-4,16H,5-8H2,1H3,(H,17,18)(H,19,20). The van der Waals surface area contributed by atoms with E-state index in [0.29, 0.717) is 30.5 Å². The number of benzene rings is 1. The molecule has 1 aliphatic heterocycles. The molecular formula is C14H17ClN2O4. The molecule has 6 nitrogen and oxygen atoms in total. The summed E-state index contributed by atoms with van der Waals surface area (Å²) in [4.78, 5) is 22.7. The number of carbonyl (C=O) groups is 2. The molecule has 1 amide bonds. The van der Waals surface area contributed by atoms with Crippen molar-refractivity contribution in [2.24, 2.45) is 5.41 Å². The lowest BCUT2D eigenvalue weighted by Gasteiger charge is -2.38. The van der Waals surface area contributed by atoms with Crippen LogP contribution < -0.4 is 10.6 Å². The van der Waals surface area contributed by atoms with E-state index in [2.05, 4.69) is 17.6 Å². The van der Waals surface area contributed by atoms with Crippen LogP contribution in [0.1, 0.15) is 17.3 Å². The fraction of sp³-hybridized carbons (Fsp3) is 0.429. The summed E-state index contributed by atoms with van der Waals surface area (Å²) >= 11 is 5.94. The van der Waals surface area contributed by atoms with Crippen LogP contribution in [0.2, 0.25) is 5.02 Å². The molecule has 0 atom stereocenters. The number of carboxylic acid groups (broad SMARTS) is 1. The van der Waals surface area contributed by atoms with Gasteiger partial charge in [0.15, 0.2) is 0 Å². The number of amides is 1. The maximum atomic E-state index is 11.8. The number of rotatable bonds is 6. The number of hydrogen-bond acceptors (Lipinski definition) is 4. The highest BCUT2D eigenvalue weighted by molar-refractivity contribution is 6.33. The molecule has 0 saturated carbocycles. The van der Waals surface area contributed by atoms with E-state index < -0.39 is 5.97 Å². The van der Waals surface area contributed by atoms with Crippen molar-refractivity contribution in [1.29, 1.82) is 0 Å². The van der Waals surface area contributed by atoms with Crippen molar-refractivity contribution in [3.05, 3.63) is 28.8 Å². The second kappa shape index (κ2) is 6.43. The lowest BCUT2D eigenvalue weighted by molar-refractivity contribution is -0.117. The van der Waals surface area contributed by atoms with Crippen LogP contribution in [0.4, 0.5) is 5.69 Å². The Morgan fingerprint density at radius 3 is 2.71 bits per heavy atom. The first-order valence-corrected chi connectivity index (χ1v) is 6.89. The molecule has 1 aromatic rings. The van der Waals surface area contributed by atoms with Crippen LogP contribution in [0.5, 0.6) is 0 Å². The lowest BCUT2D eigenvalue weighted by Crippen LogP contribution is -2.48. The molecule has 1 aliphatic rings. The molecule has 0 aromatic heterocycles. The fourth-order valence-corrected chi connectivity index (χ4v) is 2.14. The molecule has 7 heteroatoms. The third-order valence-corrected chi connectivity index (χ3v) is 3.56. The van der Waals surface area contributed by atoms with Gasteiger partial charge in [-0.05, 0) is 18.2 Å². The first-order valence-electron chi connectivity index (χ1n) is 6.51. The summed E-state index contributed by atoms with van der Waals surface area (Å²) in [5.41, 5.74) is 0.449. The number of carbonyl (C=O) groups excluding carboxylic acids is 1. The molecule has 1 heterocycles. The maximum absolute atomic E-state index is 11.8. The number of carboxylic acids is 1. The first-order chi connectivity index (χ1) is 9.89. The van der Waals surface area contributed by atoms with Gasteiger partial charge in [0.1, 0.15) is 0 Å². The van der Waals surface area contributed by atoms with Gasteiger partial charge in [-0.2, -0.15) is 0 Å². The summed E-state index contributed by atoms with van der Waals surface area (Å²) in [7, 11) is 0. The number of anilines is 1. The van der Waals surface area contributed by atoms with Crippen LogP contribution in [-0.2, 0) is 9.53 Å². The van der Waals surface area contributed by atoms with Crippen LogP contribution >= 0.6 is 11.6 Å². The Morgan fingerprint density at radius 1 is 1.43 bits per heavy atom. The predicted molar refractivity (Wildman–Crippen MR) is 78.8 cm³/mol. The summed E-state index contributed by atoms with van der Waals surface area (Å²) in [6.45, 7) is 4.27. The Balaban J connectivity index is 1.87. The van der Waals surface area contributed by atoms with Crippen LogP contribution in [0, 0.1) is 5.41 Å². The smallest absolute Gasteiger partial charge is 0.335 e. The molecule has 21 heavy (non-hydrogen) atoms. The first kappa shape index (κ1) is 15.8. The van der Waals surface area contributed by atoms with E-state index in [1.54, 1.807) is 0 Å². The monoisotopic (exact) mass is 312 g/mol. The quantitative estimate of drug-likeness (QED) is 0.742. The largest absolute Gasteiger partial charge is 0.478 e. The minimum Gasteiger partial charge on any atom is -0.478 e. The van der Waals surface area contributed by atoms with Gasteiger partial charge < -0.3 is 20.5 Å². The Kier molecular flexibility index (Phi) is 4.82. The summed E-state index contributed by atoms with van der Waals surface area (Å²) in [6, 6.07) is 4.17. The third-order valence-electron chi connectivity index (χ3n) is 3.23. The minimum absolute atomic E-state index is 0.0711. The summed E-state index contributed by atoms with van der Waals surface area (Å²) in [5, 5.41) is 14.9. The molecular weight excluding hydrogens is 296 g/mol. The van der Waals surface area contributed by atoms with Crippen molar-refractivity contribution < 1.29 is 19.4 Å². The normalized spacial score (nSPS) is 16.1. The highest BCUT2D eigenvalue weighted by atomic mass is 35.5. The molecule has 1 aromatic carbocycles. The zero-order chi connectivity index (χ0) is 15.5. The molecule has 1 saturated heterocycles. The number of hydrogen-bond donors (Lipinski definition) is 3. The molecule has 0 unspecified atom stereocenters.